The van der Waals surface area contributed by atoms with E-state index in [0.29, 0.717) is 49.1 Å². The van der Waals surface area contributed by atoms with Crippen LogP contribution in [0.3, 0.4) is 0 Å². The number of benzene rings is 4. The fraction of sp³-hybridized carbons (Fsp3) is 0.182. The van der Waals surface area contributed by atoms with Crippen LogP contribution in [-0.4, -0.2) is 56.5 Å². The number of epoxide rings is 2. The minimum Gasteiger partial charge on any atom is -0.491 e. The van der Waals surface area contributed by atoms with Gasteiger partial charge >= 0.3 is 17.9 Å². The maximum Gasteiger partial charge on any atom is 0.343 e. The summed E-state index contributed by atoms with van der Waals surface area (Å²) in [5.41, 5.74) is 0.978. The number of carbonyl (C=O) groups excluding carboxylic acids is 3. The molecule has 2 aliphatic rings. The number of hydrogen-bond acceptors (Lipinski definition) is 10. The zero-order valence-electron chi connectivity index (χ0n) is 22.8. The van der Waals surface area contributed by atoms with Gasteiger partial charge in [0.2, 0.25) is 0 Å². The van der Waals surface area contributed by atoms with Crippen molar-refractivity contribution in [1.29, 1.82) is 0 Å². The predicted molar refractivity (Wildman–Crippen MR) is 151 cm³/mol. The Kier molecular flexibility index (Phi) is 8.30. The van der Waals surface area contributed by atoms with Crippen LogP contribution in [-0.2, 0) is 9.47 Å². The van der Waals surface area contributed by atoms with Gasteiger partial charge in [-0.25, -0.2) is 14.4 Å². The standard InChI is InChI=1S/C33H26O10/c34-31(21-1-7-24(8-2-21)37-17-29-19-39-29)41-26-11-5-23(6-12-26)33(36)43-28-15-13-27(14-16-28)42-32(35)22-3-9-25(10-4-22)38-18-30-20-40-30/h1-16,29-30H,17-20H2. The van der Waals surface area contributed by atoms with Crippen LogP contribution in [0.5, 0.6) is 28.7 Å². The Balaban J connectivity index is 0.965. The van der Waals surface area contributed by atoms with E-state index < -0.39 is 17.9 Å². The molecule has 2 aliphatic heterocycles. The molecule has 10 nitrogen and oxygen atoms in total. The van der Waals surface area contributed by atoms with E-state index in [0.717, 1.165) is 0 Å². The minimum absolute atomic E-state index is 0.144. The molecule has 0 radical (unpaired) electrons. The van der Waals surface area contributed by atoms with E-state index in [1.165, 1.54) is 48.5 Å². The van der Waals surface area contributed by atoms with Crippen LogP contribution >= 0.6 is 0 Å². The minimum atomic E-state index is -0.606. The Morgan fingerprint density at radius 2 is 0.721 bits per heavy atom. The summed E-state index contributed by atoms with van der Waals surface area (Å²) in [6, 6.07) is 25.3. The van der Waals surface area contributed by atoms with Crippen LogP contribution in [0.2, 0.25) is 0 Å². The Hall–Kier alpha value is -5.19. The van der Waals surface area contributed by atoms with Crippen molar-refractivity contribution < 1.29 is 47.5 Å². The van der Waals surface area contributed by atoms with E-state index in [4.69, 9.17) is 33.2 Å². The van der Waals surface area contributed by atoms with Crippen molar-refractivity contribution in [3.05, 3.63) is 114 Å². The van der Waals surface area contributed by atoms with Crippen LogP contribution < -0.4 is 23.7 Å². The van der Waals surface area contributed by atoms with Crippen molar-refractivity contribution in [1.82, 2.24) is 0 Å². The summed E-state index contributed by atoms with van der Waals surface area (Å²) >= 11 is 0. The van der Waals surface area contributed by atoms with Crippen molar-refractivity contribution in [2.75, 3.05) is 26.4 Å². The first-order chi connectivity index (χ1) is 21.0. The van der Waals surface area contributed by atoms with Crippen LogP contribution in [0.15, 0.2) is 97.1 Å². The zero-order valence-corrected chi connectivity index (χ0v) is 22.8. The molecule has 0 aliphatic carbocycles. The van der Waals surface area contributed by atoms with Crippen LogP contribution in [0, 0.1) is 0 Å². The Labute approximate surface area is 246 Å². The predicted octanol–water partition coefficient (Wildman–Crippen LogP) is 4.90. The second-order valence-corrected chi connectivity index (χ2v) is 9.75. The summed E-state index contributed by atoms with van der Waals surface area (Å²) in [5, 5.41) is 0. The molecular formula is C33H26O10. The van der Waals surface area contributed by atoms with Gasteiger partial charge in [0.05, 0.1) is 29.9 Å². The molecule has 218 valence electrons. The second kappa shape index (κ2) is 12.8. The zero-order chi connectivity index (χ0) is 29.6. The second-order valence-electron chi connectivity index (χ2n) is 9.75. The SMILES string of the molecule is O=C(Oc1ccc(OC(=O)c2ccc(OC(=O)c3ccc(OCC4CO4)cc3)cc2)cc1)c1ccc(OCC2CO2)cc1. The highest BCUT2D eigenvalue weighted by Crippen LogP contribution is 2.23. The molecule has 2 atom stereocenters. The summed E-state index contributed by atoms with van der Waals surface area (Å²) in [4.78, 5) is 37.6. The highest BCUT2D eigenvalue weighted by Gasteiger charge is 2.24. The molecule has 0 spiro atoms. The molecule has 4 aromatic carbocycles. The van der Waals surface area contributed by atoms with E-state index >= 15 is 0 Å². The van der Waals surface area contributed by atoms with Gasteiger partial charge in [0.15, 0.2) is 0 Å². The van der Waals surface area contributed by atoms with Crippen LogP contribution in [0.1, 0.15) is 31.1 Å². The lowest BCUT2D eigenvalue weighted by Gasteiger charge is -2.09. The third kappa shape index (κ3) is 7.97. The normalized spacial score (nSPS) is 16.5. The fourth-order valence-electron chi connectivity index (χ4n) is 3.81. The van der Waals surface area contributed by atoms with Crippen molar-refractivity contribution >= 4 is 17.9 Å². The summed E-state index contributed by atoms with van der Waals surface area (Å²) in [6.45, 7) is 2.37. The maximum atomic E-state index is 12.6. The van der Waals surface area contributed by atoms with E-state index in [9.17, 15) is 14.4 Å². The van der Waals surface area contributed by atoms with E-state index in [-0.39, 0.29) is 35.0 Å². The highest BCUT2D eigenvalue weighted by molar-refractivity contribution is 5.93. The summed E-state index contributed by atoms with van der Waals surface area (Å²) in [6.07, 6.45) is 0.291. The van der Waals surface area contributed by atoms with Gasteiger partial charge in [0, 0.05) is 0 Å². The van der Waals surface area contributed by atoms with E-state index in [2.05, 4.69) is 0 Å². The lowest BCUT2D eigenvalue weighted by Crippen LogP contribution is -2.11. The maximum absolute atomic E-state index is 12.6. The average molecular weight is 583 g/mol. The first kappa shape index (κ1) is 28.0. The van der Waals surface area contributed by atoms with E-state index in [1.807, 2.05) is 0 Å². The number of esters is 3. The summed E-state index contributed by atoms with van der Waals surface area (Å²) < 4.78 is 37.6. The van der Waals surface area contributed by atoms with Gasteiger partial charge in [-0.15, -0.1) is 0 Å². The van der Waals surface area contributed by atoms with E-state index in [1.54, 1.807) is 48.5 Å². The van der Waals surface area contributed by atoms with Gasteiger partial charge in [-0.2, -0.15) is 0 Å². The third-order valence-corrected chi connectivity index (χ3v) is 6.40. The lowest BCUT2D eigenvalue weighted by atomic mass is 10.2. The molecule has 4 aromatic rings. The number of carbonyl (C=O) groups is 3. The molecule has 2 saturated heterocycles. The molecule has 0 aromatic heterocycles. The average Bonchev–Trinajstić information content (AvgIpc) is 3.97. The fourth-order valence-corrected chi connectivity index (χ4v) is 3.81. The topological polar surface area (TPSA) is 122 Å². The van der Waals surface area contributed by atoms with Gasteiger partial charge in [-0.05, 0) is 97.1 Å². The number of rotatable bonds is 12. The smallest absolute Gasteiger partial charge is 0.343 e. The van der Waals surface area contributed by atoms with Crippen molar-refractivity contribution in [3.8, 4) is 28.7 Å². The lowest BCUT2D eigenvalue weighted by molar-refractivity contribution is 0.0718. The molecule has 2 heterocycles. The van der Waals surface area contributed by atoms with Crippen molar-refractivity contribution in [2.24, 2.45) is 0 Å². The van der Waals surface area contributed by atoms with Crippen LogP contribution in [0.25, 0.3) is 0 Å². The molecule has 2 unspecified atom stereocenters. The molecule has 6 rings (SSSR count). The molecule has 2 fully saturated rings. The van der Waals surface area contributed by atoms with Gasteiger partial charge in [-0.1, -0.05) is 0 Å². The van der Waals surface area contributed by atoms with Gasteiger partial charge in [0.25, 0.3) is 0 Å². The Bertz CT molecular complexity index is 1570. The van der Waals surface area contributed by atoms with Crippen molar-refractivity contribution in [3.63, 3.8) is 0 Å². The Morgan fingerprint density at radius 3 is 1.00 bits per heavy atom. The first-order valence-corrected chi connectivity index (χ1v) is 13.5. The molecular weight excluding hydrogens is 556 g/mol. The monoisotopic (exact) mass is 582 g/mol. The van der Waals surface area contributed by atoms with Gasteiger partial charge in [0.1, 0.15) is 54.2 Å². The van der Waals surface area contributed by atoms with Crippen molar-refractivity contribution in [2.45, 2.75) is 12.2 Å². The quantitative estimate of drug-likeness (QED) is 0.129. The van der Waals surface area contributed by atoms with Gasteiger partial charge in [-0.3, -0.25) is 0 Å². The molecule has 10 heteroatoms. The Morgan fingerprint density at radius 1 is 0.465 bits per heavy atom. The number of hydrogen-bond donors (Lipinski definition) is 0. The van der Waals surface area contributed by atoms with Gasteiger partial charge < -0.3 is 33.2 Å². The summed E-state index contributed by atoms with van der Waals surface area (Å²) in [7, 11) is 0. The first-order valence-electron chi connectivity index (χ1n) is 13.5. The molecule has 0 saturated carbocycles. The highest BCUT2D eigenvalue weighted by atomic mass is 16.6. The van der Waals surface area contributed by atoms with Crippen LogP contribution in [0.4, 0.5) is 0 Å². The third-order valence-electron chi connectivity index (χ3n) is 6.40. The number of ether oxygens (including phenoxy) is 7. The molecule has 0 N–H and O–H groups in total. The largest absolute Gasteiger partial charge is 0.491 e. The summed E-state index contributed by atoms with van der Waals surface area (Å²) in [5.74, 6) is 0.418. The molecule has 0 amide bonds. The molecule has 0 bridgehead atoms. The molecule has 43 heavy (non-hydrogen) atoms.